The fraction of sp³-hybridized carbons (Fsp3) is 0.417. The number of thiazole rings is 1. The maximum absolute atomic E-state index is 11.4. The summed E-state index contributed by atoms with van der Waals surface area (Å²) in [6.45, 7) is 1.99. The maximum Gasteiger partial charge on any atom is 0.184 e. The van der Waals surface area contributed by atoms with E-state index < -0.39 is 9.84 Å². The van der Waals surface area contributed by atoms with Gasteiger partial charge >= 0.3 is 0 Å². The Morgan fingerprint density at radius 1 is 1.47 bits per heavy atom. The highest BCUT2D eigenvalue weighted by atomic mass is 35.5. The van der Waals surface area contributed by atoms with E-state index >= 15 is 0 Å². The third-order valence-corrected chi connectivity index (χ3v) is 6.47. The number of sulfone groups is 1. The number of aryl methyl sites for hydroxylation is 1. The van der Waals surface area contributed by atoms with Crippen LogP contribution in [0.1, 0.15) is 12.0 Å². The van der Waals surface area contributed by atoms with E-state index in [0.29, 0.717) is 11.4 Å². The van der Waals surface area contributed by atoms with Crippen LogP contribution < -0.4 is 5.32 Å². The van der Waals surface area contributed by atoms with Gasteiger partial charge in [-0.1, -0.05) is 29.0 Å². The smallest absolute Gasteiger partial charge is 0.184 e. The van der Waals surface area contributed by atoms with Crippen molar-refractivity contribution in [2.75, 3.05) is 16.8 Å². The third-order valence-electron chi connectivity index (χ3n) is 3.26. The van der Waals surface area contributed by atoms with E-state index in [1.54, 1.807) is 0 Å². The van der Waals surface area contributed by atoms with Crippen molar-refractivity contribution in [1.29, 1.82) is 0 Å². The van der Waals surface area contributed by atoms with Crippen LogP contribution in [0, 0.1) is 6.92 Å². The Labute approximate surface area is 120 Å². The van der Waals surface area contributed by atoms with Gasteiger partial charge in [0.1, 0.15) is 0 Å². The number of hydrogen-bond acceptors (Lipinski definition) is 5. The lowest BCUT2D eigenvalue weighted by molar-refractivity contribution is 0.602. The summed E-state index contributed by atoms with van der Waals surface area (Å²) in [6, 6.07) is 3.76. The van der Waals surface area contributed by atoms with Gasteiger partial charge in [0.05, 0.1) is 26.7 Å². The second kappa shape index (κ2) is 4.61. The quantitative estimate of drug-likeness (QED) is 0.925. The summed E-state index contributed by atoms with van der Waals surface area (Å²) >= 11 is 7.63. The van der Waals surface area contributed by atoms with Crippen molar-refractivity contribution < 1.29 is 8.42 Å². The number of nitrogens with zero attached hydrogens (tertiary/aromatic N) is 1. The largest absolute Gasteiger partial charge is 0.358 e. The number of aromatic nitrogens is 1. The SMILES string of the molecule is Cc1ccc(Cl)c2sc(NC3CCS(=O)(=O)C3)nc12. The summed E-state index contributed by atoms with van der Waals surface area (Å²) in [5, 5.41) is 4.64. The van der Waals surface area contributed by atoms with E-state index in [-0.39, 0.29) is 17.5 Å². The van der Waals surface area contributed by atoms with Gasteiger partial charge in [0.25, 0.3) is 0 Å². The number of rotatable bonds is 2. The molecule has 7 heteroatoms. The van der Waals surface area contributed by atoms with E-state index in [1.807, 2.05) is 19.1 Å². The molecule has 1 aromatic carbocycles. The molecule has 1 fully saturated rings. The zero-order valence-corrected chi connectivity index (χ0v) is 12.7. The number of halogens is 1. The van der Waals surface area contributed by atoms with Gasteiger partial charge in [0.2, 0.25) is 0 Å². The molecular formula is C12H13ClN2O2S2. The molecule has 1 N–H and O–H groups in total. The molecule has 0 spiro atoms. The van der Waals surface area contributed by atoms with Crippen LogP contribution in [0.2, 0.25) is 5.02 Å². The molecule has 0 bridgehead atoms. The van der Waals surface area contributed by atoms with Crippen LogP contribution >= 0.6 is 22.9 Å². The first-order valence-corrected chi connectivity index (χ1v) is 8.99. The van der Waals surface area contributed by atoms with Crippen molar-refractivity contribution in [1.82, 2.24) is 4.98 Å². The van der Waals surface area contributed by atoms with Crippen molar-refractivity contribution in [3.8, 4) is 0 Å². The highest BCUT2D eigenvalue weighted by Crippen LogP contribution is 2.34. The summed E-state index contributed by atoms with van der Waals surface area (Å²) in [5.74, 6) is 0.449. The van der Waals surface area contributed by atoms with Gasteiger partial charge in [-0.2, -0.15) is 0 Å². The Morgan fingerprint density at radius 2 is 2.26 bits per heavy atom. The summed E-state index contributed by atoms with van der Waals surface area (Å²) in [7, 11) is -2.87. The molecule has 1 aliphatic rings. The lowest BCUT2D eigenvalue weighted by Gasteiger charge is -2.07. The number of nitrogens with one attached hydrogen (secondary N) is 1. The molecule has 1 saturated heterocycles. The van der Waals surface area contributed by atoms with E-state index in [9.17, 15) is 8.42 Å². The molecule has 2 heterocycles. The molecule has 19 heavy (non-hydrogen) atoms. The molecule has 0 radical (unpaired) electrons. The van der Waals surface area contributed by atoms with Gasteiger partial charge in [-0.15, -0.1) is 0 Å². The molecule has 1 aromatic heterocycles. The average Bonchev–Trinajstić information content (AvgIpc) is 2.89. The number of anilines is 1. The average molecular weight is 317 g/mol. The minimum atomic E-state index is -2.87. The standard InChI is InChI=1S/C12H13ClN2O2S2/c1-7-2-3-9(13)11-10(7)15-12(18-11)14-8-4-5-19(16,17)6-8/h2-3,8H,4-6H2,1H3,(H,14,15). The Bertz CT molecular complexity index is 701. The normalized spacial score (nSPS) is 21.9. The van der Waals surface area contributed by atoms with Crippen LogP contribution in [0.4, 0.5) is 5.13 Å². The van der Waals surface area contributed by atoms with Gasteiger partial charge < -0.3 is 5.32 Å². The number of fused-ring (bicyclic) bond motifs is 1. The zero-order chi connectivity index (χ0) is 13.6. The predicted molar refractivity (Wildman–Crippen MR) is 80.0 cm³/mol. The third kappa shape index (κ3) is 2.57. The second-order valence-electron chi connectivity index (χ2n) is 4.81. The highest BCUT2D eigenvalue weighted by Gasteiger charge is 2.28. The number of hydrogen-bond donors (Lipinski definition) is 1. The van der Waals surface area contributed by atoms with Crippen molar-refractivity contribution in [2.45, 2.75) is 19.4 Å². The molecule has 0 aliphatic carbocycles. The van der Waals surface area contributed by atoms with Crippen LogP contribution in [0.3, 0.4) is 0 Å². The molecule has 2 aromatic rings. The first-order valence-electron chi connectivity index (χ1n) is 5.97. The van der Waals surface area contributed by atoms with Gasteiger partial charge in [-0.3, -0.25) is 0 Å². The van der Waals surface area contributed by atoms with Gasteiger partial charge in [0, 0.05) is 6.04 Å². The zero-order valence-electron chi connectivity index (χ0n) is 10.3. The molecule has 3 rings (SSSR count). The molecular weight excluding hydrogens is 304 g/mol. The van der Waals surface area contributed by atoms with Crippen LogP contribution in [0.25, 0.3) is 10.2 Å². The molecule has 4 nitrogen and oxygen atoms in total. The number of benzene rings is 1. The van der Waals surface area contributed by atoms with Gasteiger partial charge in [-0.25, -0.2) is 13.4 Å². The minimum Gasteiger partial charge on any atom is -0.358 e. The minimum absolute atomic E-state index is 0.0374. The summed E-state index contributed by atoms with van der Waals surface area (Å²) in [5.41, 5.74) is 1.96. The fourth-order valence-electron chi connectivity index (χ4n) is 2.25. The van der Waals surface area contributed by atoms with E-state index in [4.69, 9.17) is 11.6 Å². The summed E-state index contributed by atoms with van der Waals surface area (Å²) in [6.07, 6.45) is 0.644. The lowest BCUT2D eigenvalue weighted by atomic mass is 10.2. The van der Waals surface area contributed by atoms with E-state index in [1.165, 1.54) is 11.3 Å². The van der Waals surface area contributed by atoms with Crippen molar-refractivity contribution in [2.24, 2.45) is 0 Å². The molecule has 1 atom stereocenters. The lowest BCUT2D eigenvalue weighted by Crippen LogP contribution is -2.20. The van der Waals surface area contributed by atoms with Crippen LogP contribution in [-0.2, 0) is 9.84 Å². The summed E-state index contributed by atoms with van der Waals surface area (Å²) in [4.78, 5) is 4.51. The molecule has 0 saturated carbocycles. The van der Waals surface area contributed by atoms with Crippen molar-refractivity contribution in [3.63, 3.8) is 0 Å². The predicted octanol–water partition coefficient (Wildman–Crippen LogP) is 2.86. The van der Waals surface area contributed by atoms with Gasteiger partial charge in [0.15, 0.2) is 15.0 Å². The topological polar surface area (TPSA) is 59.1 Å². The molecule has 0 amide bonds. The van der Waals surface area contributed by atoms with Crippen LogP contribution in [0.15, 0.2) is 12.1 Å². The van der Waals surface area contributed by atoms with E-state index in [0.717, 1.165) is 20.9 Å². The van der Waals surface area contributed by atoms with Crippen molar-refractivity contribution >= 4 is 48.1 Å². The van der Waals surface area contributed by atoms with Crippen LogP contribution in [0.5, 0.6) is 0 Å². The maximum atomic E-state index is 11.4. The van der Waals surface area contributed by atoms with Gasteiger partial charge in [-0.05, 0) is 25.0 Å². The molecule has 1 aliphatic heterocycles. The first kappa shape index (κ1) is 13.1. The second-order valence-corrected chi connectivity index (χ2v) is 8.44. The summed E-state index contributed by atoms with van der Waals surface area (Å²) < 4.78 is 23.8. The Balaban J connectivity index is 1.90. The fourth-order valence-corrected chi connectivity index (χ4v) is 5.21. The molecule has 1 unspecified atom stereocenters. The first-order chi connectivity index (χ1) is 8.94. The monoisotopic (exact) mass is 316 g/mol. The Morgan fingerprint density at radius 3 is 2.89 bits per heavy atom. The highest BCUT2D eigenvalue weighted by molar-refractivity contribution is 7.91. The Kier molecular flexibility index (Phi) is 3.19. The van der Waals surface area contributed by atoms with Crippen LogP contribution in [-0.4, -0.2) is 30.9 Å². The van der Waals surface area contributed by atoms with E-state index in [2.05, 4.69) is 10.3 Å². The Hall–Kier alpha value is -0.850. The molecule has 102 valence electrons. The van der Waals surface area contributed by atoms with Crippen molar-refractivity contribution in [3.05, 3.63) is 22.7 Å².